The summed E-state index contributed by atoms with van der Waals surface area (Å²) >= 11 is 0. The molecule has 0 heterocycles. The number of rotatable bonds is 3. The van der Waals surface area contributed by atoms with Crippen molar-refractivity contribution in [3.8, 4) is 5.75 Å². The maximum atomic E-state index is 9.41. The highest BCUT2D eigenvalue weighted by Gasteiger charge is 2.02. The maximum absolute atomic E-state index is 9.41. The van der Waals surface area contributed by atoms with Gasteiger partial charge >= 0.3 is 0 Å². The average Bonchev–Trinajstić information content (AvgIpc) is 2.06. The fourth-order valence-electron chi connectivity index (χ4n) is 0.977. The van der Waals surface area contributed by atoms with Crippen molar-refractivity contribution in [1.29, 1.82) is 0 Å². The number of halogens is 10. The molecule has 1 rings (SSSR count). The summed E-state index contributed by atoms with van der Waals surface area (Å²) in [7, 11) is 0. The van der Waals surface area contributed by atoms with Crippen LogP contribution in [0.4, 0.5) is 5.69 Å². The van der Waals surface area contributed by atoms with Crippen LogP contribution in [0.25, 0.3) is 0 Å². The molecule has 0 aliphatic rings. The molecule has 0 aromatic heterocycles. The number of hydrogen-bond donors (Lipinski definition) is 2. The molecule has 3 N–H and O–H groups in total. The molecule has 0 spiro atoms. The van der Waals surface area contributed by atoms with Gasteiger partial charge in [0, 0.05) is 11.3 Å². The van der Waals surface area contributed by atoms with E-state index in [0.29, 0.717) is 12.3 Å². The molecule has 0 fully saturated rings. The first kappa shape index (κ1) is 64.2. The molecule has 0 bridgehead atoms. The molecule has 0 radical (unpaired) electrons. The van der Waals surface area contributed by atoms with Gasteiger partial charge in [0.25, 0.3) is 0 Å². The summed E-state index contributed by atoms with van der Waals surface area (Å²) < 4.78 is 5.35. The first-order valence-electron chi connectivity index (χ1n) is 4.28. The molecule has 0 amide bonds. The van der Waals surface area contributed by atoms with E-state index < -0.39 is 0 Å². The Balaban J connectivity index is -0.0000000211. The summed E-state index contributed by atoms with van der Waals surface area (Å²) in [5.41, 5.74) is 6.94. The molecule has 152 valence electrons. The van der Waals surface area contributed by atoms with Crippen LogP contribution in [0.5, 0.6) is 5.75 Å². The van der Waals surface area contributed by atoms with E-state index in [-0.39, 0.29) is 136 Å². The molecule has 23 heavy (non-hydrogen) atoms. The highest BCUT2D eigenvalue weighted by atomic mass is 35.5. The van der Waals surface area contributed by atoms with E-state index in [1.165, 1.54) is 0 Å². The number of hydrogen-bond acceptors (Lipinski definition) is 3. The van der Waals surface area contributed by atoms with E-state index in [1.807, 2.05) is 13.8 Å². The van der Waals surface area contributed by atoms with E-state index in [0.717, 1.165) is 5.56 Å². The van der Waals surface area contributed by atoms with Gasteiger partial charge in [0.15, 0.2) is 0 Å². The normalized spacial score (nSPS) is 6.04. The summed E-state index contributed by atoms with van der Waals surface area (Å²) in [6.07, 6.45) is 0.154. The number of phenols is 1. The zero-order valence-electron chi connectivity index (χ0n) is 12.0. The largest absolute Gasteiger partial charge is 0.508 e. The Kier molecular flexibility index (Phi) is 97.5. The quantitative estimate of drug-likeness (QED) is 0.356. The van der Waals surface area contributed by atoms with Crippen LogP contribution in [0.2, 0.25) is 0 Å². The van der Waals surface area contributed by atoms with Crippen LogP contribution < -0.4 is 5.73 Å². The predicted octanol–water partition coefficient (Wildman–Crippen LogP) is 6.12. The second kappa shape index (κ2) is 34.9. The molecule has 0 saturated heterocycles. The molecule has 3 nitrogen and oxygen atoms in total. The molecule has 0 aliphatic carbocycles. The van der Waals surface area contributed by atoms with Crippen LogP contribution in [0.1, 0.15) is 19.4 Å². The van der Waals surface area contributed by atoms with Crippen molar-refractivity contribution in [2.24, 2.45) is 0 Å². The second-order valence-corrected chi connectivity index (χ2v) is 3.25. The van der Waals surface area contributed by atoms with Crippen molar-refractivity contribution in [1.82, 2.24) is 0 Å². The Bertz CT molecular complexity index is 307. The minimum atomic E-state index is 0. The summed E-state index contributed by atoms with van der Waals surface area (Å²) in [5.74, 6) is 0.231. The predicted molar refractivity (Wildman–Crippen MR) is 125 cm³/mol. The van der Waals surface area contributed by atoms with Gasteiger partial charge in [-0.3, -0.25) is 0 Å². The minimum Gasteiger partial charge on any atom is -0.508 e. The van der Waals surface area contributed by atoms with Crippen LogP contribution in [-0.2, 0) is 11.3 Å². The standard InChI is InChI=1S/C10H15NO2.10ClH/c1-7(2)13-6-8-5-9(11)3-4-10(8)12;;;;;;;;;;/h3-5,7,12H,6,11H2,1-2H3;10*1H. The summed E-state index contributed by atoms with van der Waals surface area (Å²) in [4.78, 5) is 0. The molecule has 1 aromatic carbocycles. The van der Waals surface area contributed by atoms with E-state index in [1.54, 1.807) is 18.2 Å². The molecule has 13 heteroatoms. The highest BCUT2D eigenvalue weighted by molar-refractivity contribution is 5.86. The summed E-state index contributed by atoms with van der Waals surface area (Å²) in [5, 5.41) is 9.41. The van der Waals surface area contributed by atoms with Gasteiger partial charge in [0.1, 0.15) is 5.75 Å². The fourth-order valence-corrected chi connectivity index (χ4v) is 0.977. The van der Waals surface area contributed by atoms with Crippen molar-refractivity contribution in [3.63, 3.8) is 0 Å². The Morgan fingerprint density at radius 3 is 1.61 bits per heavy atom. The number of nitrogen functional groups attached to an aromatic ring is 1. The third-order valence-corrected chi connectivity index (χ3v) is 1.68. The average molecular weight is 546 g/mol. The van der Waals surface area contributed by atoms with E-state index in [9.17, 15) is 5.11 Å². The van der Waals surface area contributed by atoms with E-state index in [4.69, 9.17) is 10.5 Å². The molecular formula is C10H25Cl10NO2. The summed E-state index contributed by atoms with van der Waals surface area (Å²) in [6, 6.07) is 4.96. The van der Waals surface area contributed by atoms with Crippen molar-refractivity contribution < 1.29 is 9.84 Å². The van der Waals surface area contributed by atoms with Crippen molar-refractivity contribution in [2.45, 2.75) is 26.6 Å². The van der Waals surface area contributed by atoms with E-state index >= 15 is 0 Å². The number of benzene rings is 1. The lowest BCUT2D eigenvalue weighted by Gasteiger charge is -2.09. The lowest BCUT2D eigenvalue weighted by molar-refractivity contribution is 0.0645. The van der Waals surface area contributed by atoms with Gasteiger partial charge in [-0.05, 0) is 32.0 Å². The smallest absolute Gasteiger partial charge is 0.121 e. The van der Waals surface area contributed by atoms with Crippen LogP contribution in [0.3, 0.4) is 0 Å². The SMILES string of the molecule is CC(C)OCc1cc(N)ccc1O.Cl.Cl.Cl.Cl.Cl.Cl.Cl.Cl.Cl.Cl. The lowest BCUT2D eigenvalue weighted by atomic mass is 10.2. The summed E-state index contributed by atoms with van der Waals surface area (Å²) in [6.45, 7) is 4.29. The molecule has 0 unspecified atom stereocenters. The topological polar surface area (TPSA) is 55.5 Å². The van der Waals surface area contributed by atoms with Gasteiger partial charge in [-0.25, -0.2) is 0 Å². The van der Waals surface area contributed by atoms with Crippen molar-refractivity contribution in [2.75, 3.05) is 5.73 Å². The first-order valence-corrected chi connectivity index (χ1v) is 4.28. The molecule has 0 aliphatic heterocycles. The third-order valence-electron chi connectivity index (χ3n) is 1.68. The van der Waals surface area contributed by atoms with Gasteiger partial charge < -0.3 is 15.6 Å². The van der Waals surface area contributed by atoms with Gasteiger partial charge in [0.05, 0.1) is 12.7 Å². The maximum Gasteiger partial charge on any atom is 0.121 e. The molecule has 0 saturated carbocycles. The number of ether oxygens (including phenoxy) is 1. The zero-order chi connectivity index (χ0) is 9.84. The van der Waals surface area contributed by atoms with Gasteiger partial charge in [-0.2, -0.15) is 0 Å². The molecular weight excluding hydrogens is 521 g/mol. The number of anilines is 1. The van der Waals surface area contributed by atoms with Crippen molar-refractivity contribution >= 4 is 130 Å². The third kappa shape index (κ3) is 28.7. The van der Waals surface area contributed by atoms with Crippen LogP contribution in [-0.4, -0.2) is 11.2 Å². The first-order chi connectivity index (χ1) is 6.09. The Labute approximate surface area is 200 Å². The van der Waals surface area contributed by atoms with Crippen molar-refractivity contribution in [3.05, 3.63) is 23.8 Å². The van der Waals surface area contributed by atoms with Crippen LogP contribution >= 0.6 is 124 Å². The highest BCUT2D eigenvalue weighted by Crippen LogP contribution is 2.20. The number of nitrogens with two attached hydrogens (primary N) is 1. The lowest BCUT2D eigenvalue weighted by Crippen LogP contribution is -2.02. The zero-order valence-corrected chi connectivity index (χ0v) is 20.2. The fraction of sp³-hybridized carbons (Fsp3) is 0.400. The number of aromatic hydroxyl groups is 1. The van der Waals surface area contributed by atoms with Gasteiger partial charge in [0.2, 0.25) is 0 Å². The van der Waals surface area contributed by atoms with Gasteiger partial charge in [-0.1, -0.05) is 0 Å². The Morgan fingerprint density at radius 2 is 1.26 bits per heavy atom. The minimum absolute atomic E-state index is 0. The Hall–Kier alpha value is 1.68. The molecule has 1 aromatic rings. The second-order valence-electron chi connectivity index (χ2n) is 3.25. The van der Waals surface area contributed by atoms with E-state index in [2.05, 4.69) is 0 Å². The molecule has 0 atom stereocenters. The monoisotopic (exact) mass is 541 g/mol. The van der Waals surface area contributed by atoms with Gasteiger partial charge in [-0.15, -0.1) is 124 Å². The van der Waals surface area contributed by atoms with Crippen LogP contribution in [0, 0.1) is 0 Å². The Morgan fingerprint density at radius 1 is 0.870 bits per heavy atom. The van der Waals surface area contributed by atoms with Crippen LogP contribution in [0.15, 0.2) is 18.2 Å². The number of phenolic OH excluding ortho intramolecular Hbond substituents is 1.